The molecule has 1 aromatic heterocycles. The van der Waals surface area contributed by atoms with Gasteiger partial charge >= 0.3 is 21.1 Å². The Hall–Kier alpha value is -4.76. The van der Waals surface area contributed by atoms with Gasteiger partial charge < -0.3 is 4.98 Å². The van der Waals surface area contributed by atoms with Gasteiger partial charge in [0.05, 0.1) is 7.92 Å². The average molecular weight is 824 g/mol. The molecule has 0 unspecified atom stereocenters. The van der Waals surface area contributed by atoms with Crippen LogP contribution >= 0.6 is 7.92 Å². The number of carbonyl (C=O) groups is 3. The fourth-order valence-corrected chi connectivity index (χ4v) is 6.81. The second-order valence-corrected chi connectivity index (χ2v) is 12.4. The Morgan fingerprint density at radius 2 is 1.13 bits per heavy atom. The first-order chi connectivity index (χ1) is 22.4. The van der Waals surface area contributed by atoms with Crippen molar-refractivity contribution in [1.29, 1.82) is 0 Å². The zero-order chi connectivity index (χ0) is 32.7. The van der Waals surface area contributed by atoms with E-state index in [2.05, 4.69) is 24.0 Å². The fourth-order valence-electron chi connectivity index (χ4n) is 4.31. The molecule has 0 saturated heterocycles. The molecule has 0 aliphatic carbocycles. The number of hydrogen-bond donors (Lipinski definition) is 0. The Morgan fingerprint density at radius 1 is 0.660 bits per heavy atom. The molecule has 0 amide bonds. The number of pyridine rings is 1. The molecule has 6 aromatic rings. The first kappa shape index (κ1) is 36.7. The largest absolute Gasteiger partial charge is 2.00 e. The van der Waals surface area contributed by atoms with Crippen molar-refractivity contribution in [1.82, 2.24) is 4.98 Å². The van der Waals surface area contributed by atoms with E-state index >= 15 is 0 Å². The Morgan fingerprint density at radius 3 is 1.47 bits per heavy atom. The van der Waals surface area contributed by atoms with E-state index in [1.165, 1.54) is 5.56 Å². The van der Waals surface area contributed by atoms with Crippen molar-refractivity contribution in [3.05, 3.63) is 180 Å². The molecule has 1 heterocycles. The van der Waals surface area contributed by atoms with Crippen molar-refractivity contribution >= 4 is 42.7 Å². The molecular weight excluding hydrogens is 794 g/mol. The predicted octanol–water partition coefficient (Wildman–Crippen LogP) is 7.23. The van der Waals surface area contributed by atoms with E-state index in [1.807, 2.05) is 97.1 Å². The van der Waals surface area contributed by atoms with Crippen LogP contribution in [0, 0.1) is 30.7 Å². The van der Waals surface area contributed by atoms with Crippen LogP contribution in [0.1, 0.15) is 36.6 Å². The number of rotatable bonds is 7. The van der Waals surface area contributed by atoms with Crippen LogP contribution in [0.4, 0.5) is 8.78 Å². The van der Waals surface area contributed by atoms with Gasteiger partial charge in [-0.25, -0.2) is 0 Å². The van der Waals surface area contributed by atoms with Crippen LogP contribution in [-0.2, 0) is 21.1 Å². The van der Waals surface area contributed by atoms with Crippen LogP contribution in [0.5, 0.6) is 0 Å². The number of hydrogen-bond acceptors (Lipinski definition) is 4. The van der Waals surface area contributed by atoms with Crippen molar-refractivity contribution in [2.75, 3.05) is 0 Å². The maximum absolute atomic E-state index is 13.2. The smallest absolute Gasteiger partial charge is 0.305 e. The standard InChI is InChI=1S/C21H15O3P.C11H6F2N.C7H7.Pt/c22-13-16-1-7-19(8-2-16)25(20-9-3-17(14-23)4-10-20)21-11-5-18(15-24)6-12-21;12-8-4-5-9(10(13)7-8)11-3-1-2-6-14-11;1-7-5-3-2-4-6-7;/h1-15H;1-4,6-7H;3-6H,1H3;/q;2*-1;+2/p+1. The molecule has 47 heavy (non-hydrogen) atoms. The molecule has 0 spiro atoms. The maximum Gasteiger partial charge on any atom is 2.00 e. The predicted molar refractivity (Wildman–Crippen MR) is 181 cm³/mol. The minimum absolute atomic E-state index is 0. The fraction of sp³-hybridized carbons (Fsp3) is 0.0256. The molecule has 0 aliphatic rings. The van der Waals surface area contributed by atoms with Gasteiger partial charge in [0.2, 0.25) is 0 Å². The Labute approximate surface area is 288 Å². The third-order valence-electron chi connectivity index (χ3n) is 6.67. The van der Waals surface area contributed by atoms with Gasteiger partial charge in [-0.05, 0) is 84.6 Å². The van der Waals surface area contributed by atoms with E-state index in [9.17, 15) is 23.2 Å². The van der Waals surface area contributed by atoms with Gasteiger partial charge in [0.1, 0.15) is 34.8 Å². The molecule has 6 rings (SSSR count). The molecular formula is C39H29F2NO3PPt+. The molecule has 0 aliphatic heterocycles. The van der Waals surface area contributed by atoms with Gasteiger partial charge in [-0.1, -0.05) is 30.7 Å². The van der Waals surface area contributed by atoms with E-state index in [-0.39, 0.29) is 26.6 Å². The topological polar surface area (TPSA) is 64.1 Å². The van der Waals surface area contributed by atoms with Crippen LogP contribution in [0.3, 0.4) is 0 Å². The minimum atomic E-state index is -1.30. The summed E-state index contributed by atoms with van der Waals surface area (Å²) in [5.41, 5.74) is 3.84. The third-order valence-corrected chi connectivity index (χ3v) is 9.40. The summed E-state index contributed by atoms with van der Waals surface area (Å²) in [4.78, 5) is 36.7. The number of nitrogens with zero attached hydrogens (tertiary/aromatic N) is 1. The average Bonchev–Trinajstić information content (AvgIpc) is 3.10. The molecule has 5 aromatic carbocycles. The number of halogens is 2. The number of carbonyl (C=O) groups excluding carboxylic acids is 3. The quantitative estimate of drug-likeness (QED) is 0.0969. The summed E-state index contributed by atoms with van der Waals surface area (Å²) in [6.07, 6.45) is 4.03. The van der Waals surface area contributed by atoms with E-state index in [4.69, 9.17) is 0 Å². The summed E-state index contributed by atoms with van der Waals surface area (Å²) in [7, 11) is -1.30. The number of benzene rings is 5. The SMILES string of the molecule is Cc1cc[c-]cc1.Fc1c[c-]c(-c2ccccn2)c(F)c1.O=Cc1ccc([PH+](c2ccc(C=O)cc2)c2ccc(C=O)cc2)cc1.[Pt+2]. The first-order valence-corrected chi connectivity index (χ1v) is 15.7. The van der Waals surface area contributed by atoms with Gasteiger partial charge in [0.15, 0.2) is 0 Å². The van der Waals surface area contributed by atoms with Crippen molar-refractivity contribution < 1.29 is 44.2 Å². The third kappa shape index (κ3) is 10.9. The summed E-state index contributed by atoms with van der Waals surface area (Å²) in [6.45, 7) is 2.06. The summed E-state index contributed by atoms with van der Waals surface area (Å²) in [5.74, 6) is -1.29. The molecule has 0 N–H and O–H groups in total. The summed E-state index contributed by atoms with van der Waals surface area (Å²) in [6, 6.07) is 43.0. The van der Waals surface area contributed by atoms with Crippen molar-refractivity contribution in [2.45, 2.75) is 6.92 Å². The molecule has 236 valence electrons. The number of aromatic nitrogens is 1. The van der Waals surface area contributed by atoms with E-state index in [0.717, 1.165) is 46.9 Å². The monoisotopic (exact) mass is 823 g/mol. The van der Waals surface area contributed by atoms with Gasteiger partial charge in [-0.2, -0.15) is 35.9 Å². The second-order valence-electron chi connectivity index (χ2n) is 9.93. The zero-order valence-electron chi connectivity index (χ0n) is 25.2. The molecule has 0 saturated carbocycles. The Balaban J connectivity index is 0.000000227. The molecule has 4 nitrogen and oxygen atoms in total. The van der Waals surface area contributed by atoms with Gasteiger partial charge in [0, 0.05) is 34.5 Å². The van der Waals surface area contributed by atoms with Gasteiger partial charge in [-0.15, -0.1) is 12.1 Å². The second kappa shape index (κ2) is 19.0. The molecule has 0 atom stereocenters. The van der Waals surface area contributed by atoms with Crippen LogP contribution in [0.15, 0.2) is 134 Å². The van der Waals surface area contributed by atoms with Crippen LogP contribution in [0.2, 0.25) is 0 Å². The van der Waals surface area contributed by atoms with Crippen LogP contribution in [-0.4, -0.2) is 23.8 Å². The number of aldehydes is 3. The van der Waals surface area contributed by atoms with Crippen LogP contribution < -0.4 is 15.9 Å². The summed E-state index contributed by atoms with van der Waals surface area (Å²) in [5, 5.41) is 3.40. The molecule has 0 bridgehead atoms. The number of aryl methyl sites for hydroxylation is 1. The maximum atomic E-state index is 13.2. The molecule has 8 heteroatoms. The normalized spacial score (nSPS) is 9.87. The summed E-state index contributed by atoms with van der Waals surface area (Å²) < 4.78 is 25.8. The molecule has 0 fully saturated rings. The van der Waals surface area contributed by atoms with Gasteiger partial charge in [0.25, 0.3) is 0 Å². The van der Waals surface area contributed by atoms with E-state index < -0.39 is 19.6 Å². The van der Waals surface area contributed by atoms with Crippen molar-refractivity contribution in [2.24, 2.45) is 0 Å². The minimum Gasteiger partial charge on any atom is -0.305 e. The van der Waals surface area contributed by atoms with Crippen molar-refractivity contribution in [3.8, 4) is 11.3 Å². The molecule has 0 radical (unpaired) electrons. The Bertz CT molecular complexity index is 1730. The van der Waals surface area contributed by atoms with E-state index in [1.54, 1.807) is 24.4 Å². The first-order valence-electron chi connectivity index (χ1n) is 14.2. The van der Waals surface area contributed by atoms with Gasteiger partial charge in [-0.3, -0.25) is 23.2 Å². The summed E-state index contributed by atoms with van der Waals surface area (Å²) >= 11 is 0. The zero-order valence-corrected chi connectivity index (χ0v) is 28.5. The van der Waals surface area contributed by atoms with Crippen LogP contribution in [0.25, 0.3) is 11.3 Å². The Kier molecular flexibility index (Phi) is 14.9. The van der Waals surface area contributed by atoms with Crippen molar-refractivity contribution in [3.63, 3.8) is 0 Å². The van der Waals surface area contributed by atoms with E-state index in [0.29, 0.717) is 22.4 Å².